The maximum Gasteiger partial charge on any atom is 0.0935 e. The topological polar surface area (TPSA) is 47.3 Å². The van der Waals surface area contributed by atoms with E-state index in [9.17, 15) is 5.11 Å². The number of aryl methyl sites for hydroxylation is 2. The van der Waals surface area contributed by atoms with Crippen molar-refractivity contribution < 1.29 is 9.84 Å². The molecule has 20 heavy (non-hydrogen) atoms. The third-order valence-electron chi connectivity index (χ3n) is 4.29. The Bertz CT molecular complexity index is 419. The highest BCUT2D eigenvalue weighted by Crippen LogP contribution is 2.30. The first-order chi connectivity index (χ1) is 9.49. The minimum Gasteiger partial charge on any atom is -0.390 e. The summed E-state index contributed by atoms with van der Waals surface area (Å²) < 4.78 is 7.48. The van der Waals surface area contributed by atoms with E-state index in [-0.39, 0.29) is 0 Å². The molecule has 0 radical (unpaired) electrons. The van der Waals surface area contributed by atoms with E-state index in [2.05, 4.69) is 5.10 Å². The van der Waals surface area contributed by atoms with E-state index >= 15 is 0 Å². The van der Waals surface area contributed by atoms with Crippen LogP contribution in [0.3, 0.4) is 0 Å². The van der Waals surface area contributed by atoms with E-state index < -0.39 is 11.7 Å². The number of hydrogen-bond acceptors (Lipinski definition) is 3. The zero-order valence-corrected chi connectivity index (χ0v) is 14.0. The second kappa shape index (κ2) is 7.43. The molecular formula is C15H27ClN2O2. The van der Waals surface area contributed by atoms with Gasteiger partial charge in [0.25, 0.3) is 0 Å². The third kappa shape index (κ3) is 3.18. The molecule has 1 rings (SSSR count). The molecule has 0 bridgehead atoms. The summed E-state index contributed by atoms with van der Waals surface area (Å²) in [4.78, 5) is 0. The van der Waals surface area contributed by atoms with Gasteiger partial charge in [0, 0.05) is 20.1 Å². The Kier molecular flexibility index (Phi) is 6.49. The van der Waals surface area contributed by atoms with Crippen LogP contribution in [0.15, 0.2) is 0 Å². The van der Waals surface area contributed by atoms with Crippen LogP contribution >= 0.6 is 11.6 Å². The summed E-state index contributed by atoms with van der Waals surface area (Å²) in [5, 5.41) is 15.8. The number of aromatic nitrogens is 2. The van der Waals surface area contributed by atoms with Crippen LogP contribution < -0.4 is 0 Å². The molecule has 1 aromatic heterocycles. The molecular weight excluding hydrogens is 276 g/mol. The lowest BCUT2D eigenvalue weighted by molar-refractivity contribution is -0.107. The summed E-state index contributed by atoms with van der Waals surface area (Å²) in [5.41, 5.74) is 1.28. The molecule has 0 spiro atoms. The molecule has 0 aliphatic heterocycles. The summed E-state index contributed by atoms with van der Waals surface area (Å²) in [6.45, 7) is 8.88. The van der Waals surface area contributed by atoms with Crippen molar-refractivity contribution >= 4 is 11.6 Å². The molecule has 1 heterocycles. The summed E-state index contributed by atoms with van der Waals surface area (Å²) >= 11 is 6.40. The molecule has 5 heteroatoms. The molecule has 1 unspecified atom stereocenters. The summed E-state index contributed by atoms with van der Waals surface area (Å²) in [7, 11) is 1.66. The van der Waals surface area contributed by atoms with Crippen molar-refractivity contribution in [1.29, 1.82) is 0 Å². The molecule has 1 atom stereocenters. The molecule has 1 N–H and O–H groups in total. The van der Waals surface area contributed by atoms with E-state index in [4.69, 9.17) is 16.3 Å². The number of ether oxygens (including phenoxy) is 1. The highest BCUT2D eigenvalue weighted by Gasteiger charge is 2.35. The molecule has 0 fully saturated rings. The Morgan fingerprint density at radius 2 is 1.90 bits per heavy atom. The van der Waals surface area contributed by atoms with Gasteiger partial charge in [-0.2, -0.15) is 5.10 Å². The Labute approximate surface area is 127 Å². The number of aliphatic hydroxyl groups excluding tert-OH is 1. The van der Waals surface area contributed by atoms with E-state index in [1.807, 2.05) is 32.4 Å². The van der Waals surface area contributed by atoms with Crippen molar-refractivity contribution in [3.63, 3.8) is 0 Å². The van der Waals surface area contributed by atoms with Gasteiger partial charge in [0.15, 0.2) is 0 Å². The molecule has 0 aliphatic rings. The molecule has 1 aromatic rings. The fourth-order valence-electron chi connectivity index (χ4n) is 2.73. The number of aliphatic hydroxyl groups is 1. The van der Waals surface area contributed by atoms with Gasteiger partial charge in [-0.3, -0.25) is 4.68 Å². The van der Waals surface area contributed by atoms with Gasteiger partial charge in [0.05, 0.1) is 28.1 Å². The molecule has 0 amide bonds. The first kappa shape index (κ1) is 17.5. The third-order valence-corrected chi connectivity index (χ3v) is 4.73. The monoisotopic (exact) mass is 302 g/mol. The molecule has 116 valence electrons. The van der Waals surface area contributed by atoms with Gasteiger partial charge < -0.3 is 9.84 Å². The predicted molar refractivity (Wildman–Crippen MR) is 82.3 cm³/mol. The number of nitrogens with zero attached hydrogens (tertiary/aromatic N) is 2. The highest BCUT2D eigenvalue weighted by atomic mass is 35.5. The number of methoxy groups -OCH3 is 1. The van der Waals surface area contributed by atoms with Gasteiger partial charge in [-0.1, -0.05) is 32.4 Å². The van der Waals surface area contributed by atoms with E-state index in [1.165, 1.54) is 0 Å². The number of hydrogen-bond donors (Lipinski definition) is 1. The number of halogens is 1. The van der Waals surface area contributed by atoms with E-state index in [1.54, 1.807) is 7.11 Å². The Morgan fingerprint density at radius 1 is 1.30 bits per heavy atom. The summed E-state index contributed by atoms with van der Waals surface area (Å²) in [5.74, 6) is 0. The van der Waals surface area contributed by atoms with Crippen molar-refractivity contribution in [3.8, 4) is 0 Å². The van der Waals surface area contributed by atoms with Crippen LogP contribution in [0.5, 0.6) is 0 Å². The molecule has 0 saturated carbocycles. The average molecular weight is 303 g/mol. The molecule has 0 aromatic carbocycles. The van der Waals surface area contributed by atoms with Crippen LogP contribution in [0.4, 0.5) is 0 Å². The second-order valence-corrected chi connectivity index (χ2v) is 5.45. The fourth-order valence-corrected chi connectivity index (χ4v) is 3.07. The normalized spacial score (nSPS) is 13.8. The van der Waals surface area contributed by atoms with Gasteiger partial charge in [-0.15, -0.1) is 0 Å². The first-order valence-corrected chi connectivity index (χ1v) is 7.84. The van der Waals surface area contributed by atoms with Crippen molar-refractivity contribution in [2.45, 2.75) is 71.6 Å². The SMILES string of the molecule is CCc1nn(CC)c(CC(O)C(CC)(CC)OC)c1Cl. The van der Waals surface area contributed by atoms with Gasteiger partial charge >= 0.3 is 0 Å². The molecule has 0 saturated heterocycles. The van der Waals surface area contributed by atoms with Gasteiger partial charge in [-0.05, 0) is 26.2 Å². The van der Waals surface area contributed by atoms with Gasteiger partial charge in [-0.25, -0.2) is 0 Å². The fraction of sp³-hybridized carbons (Fsp3) is 0.800. The van der Waals surface area contributed by atoms with Crippen molar-refractivity contribution in [2.24, 2.45) is 0 Å². The number of rotatable bonds is 8. The highest BCUT2D eigenvalue weighted by molar-refractivity contribution is 6.31. The van der Waals surface area contributed by atoms with Gasteiger partial charge in [0.2, 0.25) is 0 Å². The smallest absolute Gasteiger partial charge is 0.0935 e. The Balaban J connectivity index is 3.06. The van der Waals surface area contributed by atoms with Crippen molar-refractivity contribution in [3.05, 3.63) is 16.4 Å². The largest absolute Gasteiger partial charge is 0.390 e. The standard InChI is InChI=1S/C15H27ClN2O2/c1-6-11-14(16)12(18(9-4)17-11)10-13(19)15(7-2,8-3)20-5/h13,19H,6-10H2,1-5H3. The van der Waals surface area contributed by atoms with E-state index in [0.29, 0.717) is 11.4 Å². The Morgan fingerprint density at radius 3 is 2.30 bits per heavy atom. The summed E-state index contributed by atoms with van der Waals surface area (Å²) in [6, 6.07) is 0. The maximum atomic E-state index is 10.6. The molecule has 0 aliphatic carbocycles. The average Bonchev–Trinajstić information content (AvgIpc) is 2.78. The first-order valence-electron chi connectivity index (χ1n) is 7.46. The zero-order chi connectivity index (χ0) is 15.3. The van der Waals surface area contributed by atoms with Crippen LogP contribution in [-0.2, 0) is 24.1 Å². The van der Waals surface area contributed by atoms with E-state index in [0.717, 1.165) is 37.2 Å². The van der Waals surface area contributed by atoms with Crippen molar-refractivity contribution in [2.75, 3.05) is 7.11 Å². The van der Waals surface area contributed by atoms with Crippen LogP contribution in [0.25, 0.3) is 0 Å². The van der Waals surface area contributed by atoms with Crippen LogP contribution in [-0.4, -0.2) is 33.7 Å². The van der Waals surface area contributed by atoms with Crippen LogP contribution in [0, 0.1) is 0 Å². The lowest BCUT2D eigenvalue weighted by atomic mass is 9.87. The zero-order valence-electron chi connectivity index (χ0n) is 13.2. The quantitative estimate of drug-likeness (QED) is 0.802. The maximum absolute atomic E-state index is 10.6. The van der Waals surface area contributed by atoms with Crippen molar-refractivity contribution in [1.82, 2.24) is 9.78 Å². The summed E-state index contributed by atoms with van der Waals surface area (Å²) in [6.07, 6.45) is 2.20. The second-order valence-electron chi connectivity index (χ2n) is 5.07. The minimum absolute atomic E-state index is 0.467. The van der Waals surface area contributed by atoms with Gasteiger partial charge in [0.1, 0.15) is 0 Å². The van der Waals surface area contributed by atoms with Crippen LogP contribution in [0.2, 0.25) is 5.02 Å². The van der Waals surface area contributed by atoms with Crippen LogP contribution in [0.1, 0.15) is 51.9 Å². The molecule has 4 nitrogen and oxygen atoms in total. The predicted octanol–water partition coefficient (Wildman–Crippen LogP) is 3.23. The lowest BCUT2D eigenvalue weighted by Crippen LogP contribution is -2.44. The Hall–Kier alpha value is -0.580. The minimum atomic E-state index is -0.591. The lowest BCUT2D eigenvalue weighted by Gasteiger charge is -2.35.